The molecule has 3 aromatic rings. The Labute approximate surface area is 160 Å². The zero-order valence-corrected chi connectivity index (χ0v) is 16.5. The summed E-state index contributed by atoms with van der Waals surface area (Å²) in [6.45, 7) is 3.56. The summed E-state index contributed by atoms with van der Waals surface area (Å²) < 4.78 is 33.5. The quantitative estimate of drug-likeness (QED) is 0.657. The van der Waals surface area contributed by atoms with Crippen LogP contribution in [0.1, 0.15) is 35.1 Å². The normalized spacial score (nSPS) is 14.6. The fourth-order valence-electron chi connectivity index (χ4n) is 2.62. The maximum atomic E-state index is 12.8. The fourth-order valence-corrected chi connectivity index (χ4v) is 5.49. The molecule has 0 radical (unpaired) electrons. The Hall–Kier alpha value is -1.90. The van der Waals surface area contributed by atoms with Gasteiger partial charge in [0, 0.05) is 15.8 Å². The first kappa shape index (κ1) is 17.5. The lowest BCUT2D eigenvalue weighted by Gasteiger charge is -2.10. The Morgan fingerprint density at radius 1 is 1.27 bits per heavy atom. The zero-order chi connectivity index (χ0) is 18.5. The molecule has 1 saturated carbocycles. The van der Waals surface area contributed by atoms with E-state index in [0.717, 1.165) is 18.4 Å². The van der Waals surface area contributed by atoms with Crippen LogP contribution in [-0.2, 0) is 10.0 Å². The number of aromatic nitrogens is 2. The van der Waals surface area contributed by atoms with Crippen LogP contribution in [0.4, 0.5) is 5.69 Å². The molecule has 4 rings (SSSR count). The van der Waals surface area contributed by atoms with Crippen LogP contribution >= 0.6 is 22.9 Å². The molecule has 1 N–H and O–H groups in total. The van der Waals surface area contributed by atoms with Crippen LogP contribution in [0.3, 0.4) is 0 Å². The molecule has 6 nitrogen and oxygen atoms in total. The van der Waals surface area contributed by atoms with Gasteiger partial charge in [0.1, 0.15) is 4.90 Å². The SMILES string of the molecule is Cc1cc(Cl)ccc1NS(=O)(=O)c1cc(-c2noc(C3CC3)n2)sc1C. The van der Waals surface area contributed by atoms with Crippen LogP contribution in [-0.4, -0.2) is 18.6 Å². The van der Waals surface area contributed by atoms with Crippen LogP contribution in [0.15, 0.2) is 33.7 Å². The van der Waals surface area contributed by atoms with E-state index in [0.29, 0.717) is 38.1 Å². The molecule has 1 aromatic carbocycles. The number of sulfonamides is 1. The van der Waals surface area contributed by atoms with Crippen LogP contribution < -0.4 is 4.72 Å². The largest absolute Gasteiger partial charge is 0.339 e. The minimum atomic E-state index is -3.73. The molecular formula is C17H16ClN3O3S2. The van der Waals surface area contributed by atoms with E-state index in [9.17, 15) is 8.42 Å². The second-order valence-electron chi connectivity index (χ2n) is 6.33. The average Bonchev–Trinajstić information content (AvgIpc) is 3.16. The third kappa shape index (κ3) is 3.36. The van der Waals surface area contributed by atoms with Gasteiger partial charge in [-0.3, -0.25) is 4.72 Å². The molecule has 1 aliphatic rings. The lowest BCUT2D eigenvalue weighted by atomic mass is 10.2. The van der Waals surface area contributed by atoms with E-state index in [1.165, 1.54) is 11.3 Å². The van der Waals surface area contributed by atoms with Crippen molar-refractivity contribution in [2.24, 2.45) is 0 Å². The number of anilines is 1. The topological polar surface area (TPSA) is 85.1 Å². The Balaban J connectivity index is 1.64. The number of hydrogen-bond acceptors (Lipinski definition) is 6. The zero-order valence-electron chi connectivity index (χ0n) is 14.1. The Kier molecular flexibility index (Phi) is 4.29. The lowest BCUT2D eigenvalue weighted by Crippen LogP contribution is -2.13. The smallest absolute Gasteiger partial charge is 0.263 e. The molecule has 2 heterocycles. The molecule has 26 heavy (non-hydrogen) atoms. The number of thiophene rings is 1. The van der Waals surface area contributed by atoms with Gasteiger partial charge in [0.15, 0.2) is 0 Å². The van der Waals surface area contributed by atoms with Crippen molar-refractivity contribution in [3.05, 3.63) is 45.6 Å². The average molecular weight is 410 g/mol. The molecular weight excluding hydrogens is 394 g/mol. The number of rotatable bonds is 5. The highest BCUT2D eigenvalue weighted by atomic mass is 35.5. The van der Waals surface area contributed by atoms with E-state index in [1.807, 2.05) is 0 Å². The van der Waals surface area contributed by atoms with E-state index in [1.54, 1.807) is 38.1 Å². The van der Waals surface area contributed by atoms with Crippen molar-refractivity contribution in [3.8, 4) is 10.7 Å². The van der Waals surface area contributed by atoms with Crippen molar-refractivity contribution in [1.29, 1.82) is 0 Å². The third-order valence-electron chi connectivity index (χ3n) is 4.18. The van der Waals surface area contributed by atoms with Crippen LogP contribution in [0.2, 0.25) is 5.02 Å². The van der Waals surface area contributed by atoms with E-state index in [2.05, 4.69) is 14.9 Å². The van der Waals surface area contributed by atoms with Crippen molar-refractivity contribution in [2.75, 3.05) is 4.72 Å². The summed E-state index contributed by atoms with van der Waals surface area (Å²) >= 11 is 7.26. The van der Waals surface area contributed by atoms with Crippen molar-refractivity contribution >= 4 is 38.6 Å². The highest BCUT2D eigenvalue weighted by Crippen LogP contribution is 2.40. The minimum Gasteiger partial charge on any atom is -0.339 e. The van der Waals surface area contributed by atoms with E-state index < -0.39 is 10.0 Å². The van der Waals surface area contributed by atoms with Gasteiger partial charge < -0.3 is 4.52 Å². The summed E-state index contributed by atoms with van der Waals surface area (Å²) in [5.41, 5.74) is 1.25. The number of nitrogens with zero attached hydrogens (tertiary/aromatic N) is 2. The Morgan fingerprint density at radius 2 is 2.04 bits per heavy atom. The Bertz CT molecular complexity index is 1080. The van der Waals surface area contributed by atoms with Gasteiger partial charge in [0.25, 0.3) is 10.0 Å². The van der Waals surface area contributed by atoms with Crippen LogP contribution in [0.5, 0.6) is 0 Å². The molecule has 0 spiro atoms. The molecule has 0 amide bonds. The number of aryl methyl sites for hydroxylation is 2. The lowest BCUT2D eigenvalue weighted by molar-refractivity contribution is 0.380. The molecule has 0 bridgehead atoms. The molecule has 1 aliphatic carbocycles. The number of halogens is 1. The highest BCUT2D eigenvalue weighted by Gasteiger charge is 2.30. The van der Waals surface area contributed by atoms with Crippen molar-refractivity contribution in [3.63, 3.8) is 0 Å². The monoisotopic (exact) mass is 409 g/mol. The summed E-state index contributed by atoms with van der Waals surface area (Å²) in [6, 6.07) is 6.61. The second-order valence-corrected chi connectivity index (χ2v) is 9.67. The molecule has 9 heteroatoms. The first-order chi connectivity index (χ1) is 12.3. The van der Waals surface area contributed by atoms with Crippen LogP contribution in [0.25, 0.3) is 10.7 Å². The molecule has 0 atom stereocenters. The van der Waals surface area contributed by atoms with E-state index in [-0.39, 0.29) is 4.90 Å². The minimum absolute atomic E-state index is 0.213. The maximum Gasteiger partial charge on any atom is 0.263 e. The third-order valence-corrected chi connectivity index (χ3v) is 7.09. The van der Waals surface area contributed by atoms with E-state index >= 15 is 0 Å². The van der Waals surface area contributed by atoms with Gasteiger partial charge in [-0.15, -0.1) is 11.3 Å². The van der Waals surface area contributed by atoms with E-state index in [4.69, 9.17) is 16.1 Å². The molecule has 0 aliphatic heterocycles. The number of nitrogens with one attached hydrogen (secondary N) is 1. The molecule has 0 saturated heterocycles. The van der Waals surface area contributed by atoms with Gasteiger partial charge in [-0.25, -0.2) is 8.42 Å². The van der Waals surface area contributed by atoms with Gasteiger partial charge in [-0.05, 0) is 56.5 Å². The first-order valence-corrected chi connectivity index (χ1v) is 10.7. The van der Waals surface area contributed by atoms with Gasteiger partial charge >= 0.3 is 0 Å². The number of hydrogen-bond donors (Lipinski definition) is 1. The van der Waals surface area contributed by atoms with Crippen molar-refractivity contribution in [1.82, 2.24) is 10.1 Å². The Morgan fingerprint density at radius 3 is 2.73 bits per heavy atom. The molecule has 1 fully saturated rings. The highest BCUT2D eigenvalue weighted by molar-refractivity contribution is 7.93. The second kappa shape index (κ2) is 6.37. The summed E-state index contributed by atoms with van der Waals surface area (Å²) in [7, 11) is -3.73. The molecule has 2 aromatic heterocycles. The van der Waals surface area contributed by atoms with Gasteiger partial charge in [-0.1, -0.05) is 16.8 Å². The molecule has 0 unspecified atom stereocenters. The fraction of sp³-hybridized carbons (Fsp3) is 0.294. The van der Waals surface area contributed by atoms with Gasteiger partial charge in [0.2, 0.25) is 11.7 Å². The molecule has 136 valence electrons. The maximum absolute atomic E-state index is 12.8. The predicted molar refractivity (Wildman–Crippen MR) is 101 cm³/mol. The van der Waals surface area contributed by atoms with Gasteiger partial charge in [-0.2, -0.15) is 4.98 Å². The summed E-state index contributed by atoms with van der Waals surface area (Å²) in [6.07, 6.45) is 2.13. The standard InChI is InChI=1S/C17H16ClN3O3S2/c1-9-7-12(18)5-6-13(9)21-26(22,23)15-8-14(25-10(15)2)16-19-17(24-20-16)11-3-4-11/h5-8,11,21H,3-4H2,1-2H3. The number of benzene rings is 1. The summed E-state index contributed by atoms with van der Waals surface area (Å²) in [4.78, 5) is 5.94. The predicted octanol–water partition coefficient (Wildman–Crippen LogP) is 4.75. The van der Waals surface area contributed by atoms with Crippen molar-refractivity contribution < 1.29 is 12.9 Å². The summed E-state index contributed by atoms with van der Waals surface area (Å²) in [5, 5.41) is 4.54. The van der Waals surface area contributed by atoms with Gasteiger partial charge in [0.05, 0.1) is 10.6 Å². The first-order valence-electron chi connectivity index (χ1n) is 8.07. The van der Waals surface area contributed by atoms with Crippen LogP contribution in [0, 0.1) is 13.8 Å². The van der Waals surface area contributed by atoms with Crippen molar-refractivity contribution in [2.45, 2.75) is 37.5 Å². The summed E-state index contributed by atoms with van der Waals surface area (Å²) in [5.74, 6) is 1.42.